The van der Waals surface area contributed by atoms with E-state index < -0.39 is 11.9 Å². The minimum atomic E-state index is -1.17. The van der Waals surface area contributed by atoms with Crippen LogP contribution in [0.4, 0.5) is 5.69 Å². The molecule has 7 nitrogen and oxygen atoms in total. The first-order valence-electron chi connectivity index (χ1n) is 8.72. The molecule has 0 unspecified atom stereocenters. The average molecular weight is 457 g/mol. The van der Waals surface area contributed by atoms with Gasteiger partial charge in [0.1, 0.15) is 28.9 Å². The van der Waals surface area contributed by atoms with Gasteiger partial charge < -0.3 is 19.6 Å². The van der Waals surface area contributed by atoms with Gasteiger partial charge >= 0.3 is 5.97 Å². The Balaban J connectivity index is 1.86. The summed E-state index contributed by atoms with van der Waals surface area (Å²) in [6.45, 7) is 0. The van der Waals surface area contributed by atoms with Gasteiger partial charge in [0.15, 0.2) is 0 Å². The molecule has 1 aromatic heterocycles. The molecular formula is C22H14Cl2N2O5. The van der Waals surface area contributed by atoms with E-state index in [9.17, 15) is 20.0 Å². The second kappa shape index (κ2) is 9.39. The topological polar surface area (TPSA) is 113 Å². The van der Waals surface area contributed by atoms with Crippen LogP contribution in [0.5, 0.6) is 5.75 Å². The molecule has 0 bridgehead atoms. The van der Waals surface area contributed by atoms with Crippen molar-refractivity contribution >= 4 is 46.8 Å². The largest absolute Gasteiger partial charge is 0.495 e. The summed E-state index contributed by atoms with van der Waals surface area (Å²) in [7, 11) is 1.44. The Kier molecular flexibility index (Phi) is 6.65. The number of amides is 1. The molecule has 31 heavy (non-hydrogen) atoms. The molecule has 2 aromatic carbocycles. The maximum atomic E-state index is 12.5. The third-order valence-corrected chi connectivity index (χ3v) is 4.73. The highest BCUT2D eigenvalue weighted by molar-refractivity contribution is 6.33. The Morgan fingerprint density at radius 2 is 1.94 bits per heavy atom. The monoisotopic (exact) mass is 456 g/mol. The van der Waals surface area contributed by atoms with Gasteiger partial charge in [-0.15, -0.1) is 0 Å². The quantitative estimate of drug-likeness (QED) is 0.373. The van der Waals surface area contributed by atoms with Crippen LogP contribution >= 0.6 is 23.2 Å². The number of carboxylic acids is 1. The third kappa shape index (κ3) is 5.07. The van der Waals surface area contributed by atoms with Crippen molar-refractivity contribution in [2.24, 2.45) is 0 Å². The summed E-state index contributed by atoms with van der Waals surface area (Å²) in [6, 6.07) is 14.1. The summed E-state index contributed by atoms with van der Waals surface area (Å²) in [4.78, 5) is 23.8. The van der Waals surface area contributed by atoms with Crippen molar-refractivity contribution in [3.63, 3.8) is 0 Å². The number of nitriles is 1. The number of hydrogen-bond acceptors (Lipinski definition) is 5. The summed E-state index contributed by atoms with van der Waals surface area (Å²) in [5.41, 5.74) is 0.502. The van der Waals surface area contributed by atoms with E-state index in [0.717, 1.165) is 0 Å². The molecule has 3 rings (SSSR count). The number of anilines is 1. The van der Waals surface area contributed by atoms with E-state index in [1.807, 2.05) is 6.07 Å². The van der Waals surface area contributed by atoms with Gasteiger partial charge in [0, 0.05) is 16.7 Å². The van der Waals surface area contributed by atoms with E-state index in [1.165, 1.54) is 31.4 Å². The lowest BCUT2D eigenvalue weighted by Crippen LogP contribution is -2.14. The second-order valence-electron chi connectivity index (χ2n) is 6.17. The number of methoxy groups -OCH3 is 1. The van der Waals surface area contributed by atoms with Crippen LogP contribution in [0.15, 0.2) is 58.5 Å². The molecule has 0 radical (unpaired) electrons. The fourth-order valence-electron chi connectivity index (χ4n) is 2.69. The van der Waals surface area contributed by atoms with Crippen molar-refractivity contribution in [1.82, 2.24) is 0 Å². The van der Waals surface area contributed by atoms with E-state index in [4.69, 9.17) is 32.4 Å². The number of carbonyl (C=O) groups is 2. The number of nitrogens with one attached hydrogen (secondary N) is 1. The number of carbonyl (C=O) groups excluding carboxylic acids is 1. The summed E-state index contributed by atoms with van der Waals surface area (Å²) in [5, 5.41) is 21.7. The summed E-state index contributed by atoms with van der Waals surface area (Å²) >= 11 is 11.8. The summed E-state index contributed by atoms with van der Waals surface area (Å²) < 4.78 is 10.8. The number of aromatic carboxylic acids is 1. The lowest BCUT2D eigenvalue weighted by Gasteiger charge is -2.09. The number of rotatable bonds is 6. The van der Waals surface area contributed by atoms with Crippen LogP contribution in [0.25, 0.3) is 17.4 Å². The zero-order chi connectivity index (χ0) is 22.5. The zero-order valence-electron chi connectivity index (χ0n) is 16.0. The molecule has 3 aromatic rings. The van der Waals surface area contributed by atoms with Gasteiger partial charge in [-0.05, 0) is 48.5 Å². The normalized spacial score (nSPS) is 11.0. The fourth-order valence-corrected chi connectivity index (χ4v) is 3.06. The van der Waals surface area contributed by atoms with Gasteiger partial charge in [-0.3, -0.25) is 4.79 Å². The number of furan rings is 1. The standard InChI is InChI=1S/C22H14Cl2N2O5/c1-30-20-6-3-14(23)10-18(20)26-21(27)13(11-25)8-15-4-7-19(31-15)12-2-5-17(24)16(9-12)22(28)29/h2-10H,1H3,(H,26,27)(H,28,29)/b13-8+. The molecule has 0 aliphatic heterocycles. The van der Waals surface area contributed by atoms with Crippen molar-refractivity contribution in [3.05, 3.63) is 75.5 Å². The summed E-state index contributed by atoms with van der Waals surface area (Å²) in [6.07, 6.45) is 1.27. The molecule has 0 aliphatic carbocycles. The first-order valence-corrected chi connectivity index (χ1v) is 9.47. The molecule has 0 saturated carbocycles. The Morgan fingerprint density at radius 3 is 2.61 bits per heavy atom. The fraction of sp³-hybridized carbons (Fsp3) is 0.0455. The molecule has 0 aliphatic rings. The van der Waals surface area contributed by atoms with Crippen LogP contribution < -0.4 is 10.1 Å². The SMILES string of the molecule is COc1ccc(Cl)cc1NC(=O)/C(C#N)=C/c1ccc(-c2ccc(Cl)c(C(=O)O)c2)o1. The van der Waals surface area contributed by atoms with Crippen LogP contribution in [0, 0.1) is 11.3 Å². The van der Waals surface area contributed by atoms with Crippen LogP contribution in [-0.4, -0.2) is 24.1 Å². The lowest BCUT2D eigenvalue weighted by molar-refractivity contribution is -0.112. The number of benzene rings is 2. The van der Waals surface area contributed by atoms with Crippen LogP contribution in [-0.2, 0) is 4.79 Å². The number of hydrogen-bond donors (Lipinski definition) is 2. The second-order valence-corrected chi connectivity index (χ2v) is 7.01. The van der Waals surface area contributed by atoms with Crippen molar-refractivity contribution in [2.45, 2.75) is 0 Å². The molecule has 0 fully saturated rings. The zero-order valence-corrected chi connectivity index (χ0v) is 17.5. The number of carboxylic acid groups (broad SMARTS) is 1. The van der Waals surface area contributed by atoms with Crippen molar-refractivity contribution in [3.8, 4) is 23.1 Å². The first-order chi connectivity index (χ1) is 14.8. The average Bonchev–Trinajstić information content (AvgIpc) is 3.21. The Hall–Kier alpha value is -3.73. The molecule has 156 valence electrons. The summed E-state index contributed by atoms with van der Waals surface area (Å²) in [5.74, 6) is -0.891. The number of halogens is 2. The Morgan fingerprint density at radius 1 is 1.16 bits per heavy atom. The predicted molar refractivity (Wildman–Crippen MR) is 116 cm³/mol. The van der Waals surface area contributed by atoms with Crippen molar-refractivity contribution in [2.75, 3.05) is 12.4 Å². The van der Waals surface area contributed by atoms with Gasteiger partial charge in [-0.25, -0.2) is 4.79 Å². The van der Waals surface area contributed by atoms with Gasteiger partial charge in [-0.1, -0.05) is 23.2 Å². The lowest BCUT2D eigenvalue weighted by atomic mass is 10.1. The molecular weight excluding hydrogens is 443 g/mol. The molecule has 9 heteroatoms. The van der Waals surface area contributed by atoms with E-state index in [1.54, 1.807) is 30.3 Å². The smallest absolute Gasteiger partial charge is 0.337 e. The molecule has 1 amide bonds. The van der Waals surface area contributed by atoms with E-state index in [2.05, 4.69) is 5.32 Å². The minimum Gasteiger partial charge on any atom is -0.495 e. The number of ether oxygens (including phenoxy) is 1. The van der Waals surface area contributed by atoms with Gasteiger partial charge in [-0.2, -0.15) is 5.26 Å². The predicted octanol–water partition coefficient (Wildman–Crippen LogP) is 5.51. The van der Waals surface area contributed by atoms with Gasteiger partial charge in [0.2, 0.25) is 0 Å². The first kappa shape index (κ1) is 22.0. The Bertz CT molecular complexity index is 1240. The maximum absolute atomic E-state index is 12.5. The minimum absolute atomic E-state index is 0.0692. The van der Waals surface area contributed by atoms with E-state index >= 15 is 0 Å². The van der Waals surface area contributed by atoms with Crippen molar-refractivity contribution < 1.29 is 23.8 Å². The van der Waals surface area contributed by atoms with Crippen LogP contribution in [0.2, 0.25) is 10.0 Å². The molecule has 2 N–H and O–H groups in total. The molecule has 1 heterocycles. The van der Waals surface area contributed by atoms with E-state index in [-0.39, 0.29) is 21.9 Å². The van der Waals surface area contributed by atoms with Crippen LogP contribution in [0.1, 0.15) is 16.1 Å². The highest BCUT2D eigenvalue weighted by atomic mass is 35.5. The Labute approximate surface area is 187 Å². The van der Waals surface area contributed by atoms with Crippen LogP contribution in [0.3, 0.4) is 0 Å². The number of nitrogens with zero attached hydrogens (tertiary/aromatic N) is 1. The van der Waals surface area contributed by atoms with Gasteiger partial charge in [0.05, 0.1) is 23.4 Å². The van der Waals surface area contributed by atoms with Crippen molar-refractivity contribution in [1.29, 1.82) is 5.26 Å². The third-order valence-electron chi connectivity index (χ3n) is 4.17. The molecule has 0 saturated heterocycles. The molecule has 0 spiro atoms. The highest BCUT2D eigenvalue weighted by Gasteiger charge is 2.15. The van der Waals surface area contributed by atoms with Gasteiger partial charge in [0.25, 0.3) is 5.91 Å². The highest BCUT2D eigenvalue weighted by Crippen LogP contribution is 2.29. The molecule has 0 atom stereocenters. The van der Waals surface area contributed by atoms with E-state index in [0.29, 0.717) is 27.8 Å². The maximum Gasteiger partial charge on any atom is 0.337 e.